The number of nitrogens with zero attached hydrogens (tertiary/aromatic N) is 4. The number of nitrogens with one attached hydrogen (secondary N) is 1. The minimum atomic E-state index is 0.0994. The van der Waals surface area contributed by atoms with Crippen molar-refractivity contribution in [3.8, 4) is 0 Å². The second-order valence-electron chi connectivity index (χ2n) is 5.21. The number of aliphatic hydroxyl groups excluding tert-OH is 1. The lowest BCUT2D eigenvalue weighted by atomic mass is 9.94. The van der Waals surface area contributed by atoms with E-state index in [2.05, 4.69) is 34.5 Å². The zero-order valence-electron chi connectivity index (χ0n) is 11.2. The molecule has 2 N–H and O–H groups in total. The van der Waals surface area contributed by atoms with Crippen molar-refractivity contribution in [3.05, 3.63) is 11.9 Å². The number of piperidine rings is 1. The number of rotatable bonds is 5. The van der Waals surface area contributed by atoms with E-state index >= 15 is 0 Å². The summed E-state index contributed by atoms with van der Waals surface area (Å²) in [6, 6.07) is 0.559. The Bertz CT molecular complexity index is 367. The van der Waals surface area contributed by atoms with Crippen molar-refractivity contribution >= 4 is 0 Å². The molecule has 1 aromatic rings. The Kier molecular flexibility index (Phi) is 4.68. The van der Waals surface area contributed by atoms with Gasteiger partial charge < -0.3 is 15.3 Å². The maximum atomic E-state index is 8.81. The molecule has 1 fully saturated rings. The van der Waals surface area contributed by atoms with Crippen molar-refractivity contribution in [1.82, 2.24) is 25.2 Å². The SMILES string of the molecule is CC1CN(C)CCC1NCc1cn(CCO)nn1. The van der Waals surface area contributed by atoms with Crippen molar-refractivity contribution < 1.29 is 5.11 Å². The minimum Gasteiger partial charge on any atom is -0.394 e. The van der Waals surface area contributed by atoms with E-state index in [1.807, 2.05) is 6.20 Å². The van der Waals surface area contributed by atoms with Crippen LogP contribution in [0.15, 0.2) is 6.20 Å². The lowest BCUT2D eigenvalue weighted by Gasteiger charge is -2.35. The molecular formula is C12H23N5O. The number of hydrogen-bond acceptors (Lipinski definition) is 5. The Hall–Kier alpha value is -0.980. The first-order valence-corrected chi connectivity index (χ1v) is 6.61. The van der Waals surface area contributed by atoms with Gasteiger partial charge in [-0.15, -0.1) is 5.10 Å². The second kappa shape index (κ2) is 6.26. The first-order valence-electron chi connectivity index (χ1n) is 6.61. The van der Waals surface area contributed by atoms with Crippen molar-refractivity contribution in [2.45, 2.75) is 32.5 Å². The van der Waals surface area contributed by atoms with E-state index < -0.39 is 0 Å². The first kappa shape index (κ1) is 13.5. The zero-order valence-corrected chi connectivity index (χ0v) is 11.2. The van der Waals surface area contributed by atoms with Gasteiger partial charge in [0.25, 0.3) is 0 Å². The molecule has 0 saturated carbocycles. The smallest absolute Gasteiger partial charge is 0.0964 e. The molecule has 2 unspecified atom stereocenters. The predicted molar refractivity (Wildman–Crippen MR) is 69.0 cm³/mol. The fraction of sp³-hybridized carbons (Fsp3) is 0.833. The molecule has 6 heteroatoms. The summed E-state index contributed by atoms with van der Waals surface area (Å²) < 4.78 is 1.68. The standard InChI is InChI=1S/C12H23N5O/c1-10-8-16(2)4-3-12(10)13-7-11-9-17(5-6-18)15-14-11/h9-10,12-13,18H,3-8H2,1-2H3. The van der Waals surface area contributed by atoms with Gasteiger partial charge in [0.2, 0.25) is 0 Å². The molecule has 2 heterocycles. The highest BCUT2D eigenvalue weighted by molar-refractivity contribution is 4.93. The molecule has 102 valence electrons. The molecule has 0 amide bonds. The maximum absolute atomic E-state index is 8.81. The van der Waals surface area contributed by atoms with Crippen LogP contribution >= 0.6 is 0 Å². The van der Waals surface area contributed by atoms with Crippen molar-refractivity contribution in [3.63, 3.8) is 0 Å². The van der Waals surface area contributed by atoms with Crippen LogP contribution in [0.1, 0.15) is 19.0 Å². The van der Waals surface area contributed by atoms with E-state index in [1.165, 1.54) is 6.42 Å². The highest BCUT2D eigenvalue weighted by Gasteiger charge is 2.23. The molecule has 1 aliphatic heterocycles. The molecule has 0 bridgehead atoms. The van der Waals surface area contributed by atoms with Gasteiger partial charge in [0.1, 0.15) is 0 Å². The summed E-state index contributed by atoms with van der Waals surface area (Å²) >= 11 is 0. The number of hydrogen-bond donors (Lipinski definition) is 2. The highest BCUT2D eigenvalue weighted by atomic mass is 16.3. The van der Waals surface area contributed by atoms with Gasteiger partial charge in [-0.3, -0.25) is 0 Å². The van der Waals surface area contributed by atoms with Crippen LogP contribution in [0.5, 0.6) is 0 Å². The van der Waals surface area contributed by atoms with E-state index in [0.717, 1.165) is 25.3 Å². The number of aliphatic hydroxyl groups is 1. The van der Waals surface area contributed by atoms with Crippen LogP contribution in [0.4, 0.5) is 0 Å². The summed E-state index contributed by atoms with van der Waals surface area (Å²) in [6.45, 7) is 5.95. The third-order valence-corrected chi connectivity index (χ3v) is 3.57. The Labute approximate surface area is 108 Å². The summed E-state index contributed by atoms with van der Waals surface area (Å²) in [7, 11) is 2.17. The van der Waals surface area contributed by atoms with E-state index in [4.69, 9.17) is 5.11 Å². The van der Waals surface area contributed by atoms with Gasteiger partial charge in [-0.25, -0.2) is 4.68 Å². The number of aromatic nitrogens is 3. The average molecular weight is 253 g/mol. The van der Waals surface area contributed by atoms with E-state index in [-0.39, 0.29) is 6.61 Å². The van der Waals surface area contributed by atoms with Crippen molar-refractivity contribution in [2.24, 2.45) is 5.92 Å². The summed E-state index contributed by atoms with van der Waals surface area (Å²) in [5.74, 6) is 0.663. The lowest BCUT2D eigenvalue weighted by molar-refractivity contribution is 0.174. The van der Waals surface area contributed by atoms with Gasteiger partial charge >= 0.3 is 0 Å². The number of likely N-dealkylation sites (tertiary alicyclic amines) is 1. The summed E-state index contributed by atoms with van der Waals surface area (Å²) in [5, 5.41) is 20.4. The van der Waals surface area contributed by atoms with Crippen LogP contribution in [0.2, 0.25) is 0 Å². The third kappa shape index (κ3) is 3.51. The topological polar surface area (TPSA) is 66.2 Å². The quantitative estimate of drug-likeness (QED) is 0.754. The molecule has 2 atom stereocenters. The molecule has 1 aromatic heterocycles. The van der Waals surface area contributed by atoms with Gasteiger partial charge in [0, 0.05) is 25.3 Å². The first-order chi connectivity index (χ1) is 8.69. The zero-order chi connectivity index (χ0) is 13.0. The van der Waals surface area contributed by atoms with Gasteiger partial charge in [-0.05, 0) is 25.9 Å². The third-order valence-electron chi connectivity index (χ3n) is 3.57. The largest absolute Gasteiger partial charge is 0.394 e. The molecule has 0 radical (unpaired) electrons. The van der Waals surface area contributed by atoms with Gasteiger partial charge in [-0.2, -0.15) is 0 Å². The van der Waals surface area contributed by atoms with Gasteiger partial charge in [-0.1, -0.05) is 12.1 Å². The molecule has 0 aromatic carbocycles. The average Bonchev–Trinajstić information content (AvgIpc) is 2.76. The Morgan fingerprint density at radius 2 is 2.39 bits per heavy atom. The van der Waals surface area contributed by atoms with Gasteiger partial charge in [0.15, 0.2) is 0 Å². The van der Waals surface area contributed by atoms with Crippen LogP contribution in [0.25, 0.3) is 0 Å². The van der Waals surface area contributed by atoms with Crippen LogP contribution in [0.3, 0.4) is 0 Å². The Morgan fingerprint density at radius 1 is 1.56 bits per heavy atom. The summed E-state index contributed by atoms with van der Waals surface area (Å²) in [5.41, 5.74) is 0.939. The summed E-state index contributed by atoms with van der Waals surface area (Å²) in [6.07, 6.45) is 3.07. The van der Waals surface area contributed by atoms with Crippen LogP contribution < -0.4 is 5.32 Å². The minimum absolute atomic E-state index is 0.0994. The van der Waals surface area contributed by atoms with E-state index in [1.54, 1.807) is 4.68 Å². The molecular weight excluding hydrogens is 230 g/mol. The van der Waals surface area contributed by atoms with Crippen molar-refractivity contribution in [1.29, 1.82) is 0 Å². The molecule has 0 aliphatic carbocycles. The lowest BCUT2D eigenvalue weighted by Crippen LogP contribution is -2.46. The fourth-order valence-electron chi connectivity index (χ4n) is 2.52. The molecule has 0 spiro atoms. The molecule has 18 heavy (non-hydrogen) atoms. The molecule has 1 aliphatic rings. The second-order valence-corrected chi connectivity index (χ2v) is 5.21. The normalized spacial score (nSPS) is 25.5. The van der Waals surface area contributed by atoms with Gasteiger partial charge in [0.05, 0.1) is 18.8 Å². The summed E-state index contributed by atoms with van der Waals surface area (Å²) in [4.78, 5) is 2.38. The monoisotopic (exact) mass is 253 g/mol. The van der Waals surface area contributed by atoms with Crippen LogP contribution in [-0.2, 0) is 13.1 Å². The predicted octanol–water partition coefficient (Wildman–Crippen LogP) is -0.300. The maximum Gasteiger partial charge on any atom is 0.0964 e. The van der Waals surface area contributed by atoms with Crippen LogP contribution in [-0.4, -0.2) is 57.8 Å². The van der Waals surface area contributed by atoms with Crippen LogP contribution in [0, 0.1) is 5.92 Å². The van der Waals surface area contributed by atoms with Crippen molar-refractivity contribution in [2.75, 3.05) is 26.7 Å². The Morgan fingerprint density at radius 3 is 3.11 bits per heavy atom. The Balaban J connectivity index is 1.79. The molecule has 1 saturated heterocycles. The molecule has 6 nitrogen and oxygen atoms in total. The highest BCUT2D eigenvalue weighted by Crippen LogP contribution is 2.15. The fourth-order valence-corrected chi connectivity index (χ4v) is 2.52. The van der Waals surface area contributed by atoms with E-state index in [0.29, 0.717) is 18.5 Å². The molecule has 2 rings (SSSR count). The van der Waals surface area contributed by atoms with E-state index in [9.17, 15) is 0 Å².